The number of nitrogens with one attached hydrogen (secondary N) is 1. The second kappa shape index (κ2) is 6.55. The Bertz CT molecular complexity index is 767. The van der Waals surface area contributed by atoms with Crippen molar-refractivity contribution in [3.05, 3.63) is 35.0 Å². The first-order valence-corrected chi connectivity index (χ1v) is 8.19. The summed E-state index contributed by atoms with van der Waals surface area (Å²) in [7, 11) is 3.48. The summed E-state index contributed by atoms with van der Waals surface area (Å²) in [5, 5.41) is 7.38. The van der Waals surface area contributed by atoms with Gasteiger partial charge in [-0.25, -0.2) is 0 Å². The Hall–Kier alpha value is -2.50. The van der Waals surface area contributed by atoms with Gasteiger partial charge in [0.15, 0.2) is 11.5 Å². The van der Waals surface area contributed by atoms with Crippen LogP contribution in [0.5, 0.6) is 11.5 Å². The third kappa shape index (κ3) is 2.84. The number of carbonyl (C=O) groups is 1. The van der Waals surface area contributed by atoms with Crippen LogP contribution in [0.15, 0.2) is 18.2 Å². The fourth-order valence-corrected chi connectivity index (χ4v) is 3.23. The van der Waals surface area contributed by atoms with E-state index < -0.39 is 0 Å². The molecule has 0 spiro atoms. The molecule has 0 saturated heterocycles. The molecule has 1 atom stereocenters. The maximum atomic E-state index is 12.1. The van der Waals surface area contributed by atoms with Crippen LogP contribution in [0.4, 0.5) is 5.82 Å². The van der Waals surface area contributed by atoms with Crippen molar-refractivity contribution in [1.82, 2.24) is 9.78 Å². The fourth-order valence-electron chi connectivity index (χ4n) is 3.23. The minimum Gasteiger partial charge on any atom is -0.493 e. The lowest BCUT2D eigenvalue weighted by molar-refractivity contribution is -0.116. The van der Waals surface area contributed by atoms with Crippen molar-refractivity contribution in [1.29, 1.82) is 0 Å². The van der Waals surface area contributed by atoms with Gasteiger partial charge in [0, 0.05) is 24.9 Å². The number of carbonyl (C=O) groups excluding carboxylic acids is 1. The highest BCUT2D eigenvalue weighted by molar-refractivity contribution is 5.94. The first-order valence-electron chi connectivity index (χ1n) is 8.19. The number of rotatable bonds is 5. The van der Waals surface area contributed by atoms with Crippen molar-refractivity contribution in [3.8, 4) is 11.5 Å². The summed E-state index contributed by atoms with van der Waals surface area (Å²) in [5.41, 5.74) is 3.04. The number of fused-ring (bicyclic) bond motifs is 1. The van der Waals surface area contributed by atoms with Gasteiger partial charge in [-0.1, -0.05) is 13.0 Å². The van der Waals surface area contributed by atoms with E-state index in [4.69, 9.17) is 9.47 Å². The Morgan fingerprint density at radius 3 is 2.88 bits per heavy atom. The standard InChI is InChI=1S/C18H23N3O3/c1-5-8-24-15-9-12(6-7-14(15)23-4)13-10-16(22)19-18-17(13)11(2)20-21(18)3/h6-7,9,13H,5,8,10H2,1-4H3,(H,19,22)/t13-/m1/s1. The molecule has 2 aromatic rings. The van der Waals surface area contributed by atoms with Crippen LogP contribution >= 0.6 is 0 Å². The topological polar surface area (TPSA) is 65.4 Å². The third-order valence-electron chi connectivity index (χ3n) is 4.32. The van der Waals surface area contributed by atoms with Crippen LogP contribution in [0.2, 0.25) is 0 Å². The van der Waals surface area contributed by atoms with Crippen LogP contribution in [-0.2, 0) is 11.8 Å². The second-order valence-corrected chi connectivity index (χ2v) is 6.03. The van der Waals surface area contributed by atoms with Crippen LogP contribution in [0.25, 0.3) is 0 Å². The number of hydrogen-bond acceptors (Lipinski definition) is 4. The molecule has 1 aliphatic rings. The number of nitrogens with zero attached hydrogens (tertiary/aromatic N) is 2. The molecule has 1 amide bonds. The van der Waals surface area contributed by atoms with Crippen molar-refractivity contribution in [2.75, 3.05) is 19.0 Å². The zero-order chi connectivity index (χ0) is 17.3. The molecular weight excluding hydrogens is 306 g/mol. The van der Waals surface area contributed by atoms with Crippen molar-refractivity contribution in [3.63, 3.8) is 0 Å². The lowest BCUT2D eigenvalue weighted by Crippen LogP contribution is -2.24. The summed E-state index contributed by atoms with van der Waals surface area (Å²) in [6.45, 7) is 4.66. The Kier molecular flexibility index (Phi) is 4.46. The minimum absolute atomic E-state index is 0.00217. The van der Waals surface area contributed by atoms with E-state index in [2.05, 4.69) is 17.3 Å². The molecule has 1 aromatic heterocycles. The number of benzene rings is 1. The van der Waals surface area contributed by atoms with Crippen LogP contribution in [-0.4, -0.2) is 29.4 Å². The highest BCUT2D eigenvalue weighted by Gasteiger charge is 2.32. The van der Waals surface area contributed by atoms with E-state index in [1.54, 1.807) is 11.8 Å². The highest BCUT2D eigenvalue weighted by Crippen LogP contribution is 2.41. The Morgan fingerprint density at radius 2 is 2.17 bits per heavy atom. The number of amides is 1. The normalized spacial score (nSPS) is 16.5. The summed E-state index contributed by atoms with van der Waals surface area (Å²) < 4.78 is 12.9. The fraction of sp³-hybridized carbons (Fsp3) is 0.444. The van der Waals surface area contributed by atoms with Gasteiger partial charge in [-0.2, -0.15) is 5.10 Å². The van der Waals surface area contributed by atoms with Crippen molar-refractivity contribution in [2.45, 2.75) is 32.6 Å². The van der Waals surface area contributed by atoms with Gasteiger partial charge < -0.3 is 14.8 Å². The molecule has 0 aliphatic carbocycles. The SMILES string of the molecule is CCCOc1cc([C@H]2CC(=O)Nc3c2c(C)nn3C)ccc1OC. The molecule has 0 bridgehead atoms. The van der Waals surface area contributed by atoms with Gasteiger partial charge >= 0.3 is 0 Å². The number of aromatic nitrogens is 2. The summed E-state index contributed by atoms with van der Waals surface area (Å²) >= 11 is 0. The summed E-state index contributed by atoms with van der Waals surface area (Å²) in [4.78, 5) is 12.1. The molecule has 128 valence electrons. The number of anilines is 1. The van der Waals surface area contributed by atoms with E-state index in [1.165, 1.54) is 0 Å². The lowest BCUT2D eigenvalue weighted by atomic mass is 9.85. The average Bonchev–Trinajstić information content (AvgIpc) is 2.86. The average molecular weight is 329 g/mol. The monoisotopic (exact) mass is 329 g/mol. The number of ether oxygens (including phenoxy) is 2. The van der Waals surface area contributed by atoms with Gasteiger partial charge in [-0.05, 0) is 31.0 Å². The molecule has 6 heteroatoms. The van der Waals surface area contributed by atoms with Gasteiger partial charge in [0.1, 0.15) is 5.82 Å². The van der Waals surface area contributed by atoms with Gasteiger partial charge in [-0.15, -0.1) is 0 Å². The van der Waals surface area contributed by atoms with E-state index in [1.807, 2.05) is 32.2 Å². The molecule has 1 N–H and O–H groups in total. The Balaban J connectivity index is 2.04. The molecule has 6 nitrogen and oxygen atoms in total. The highest BCUT2D eigenvalue weighted by atomic mass is 16.5. The predicted octanol–water partition coefficient (Wildman–Crippen LogP) is 3.00. The van der Waals surface area contributed by atoms with Gasteiger partial charge in [0.05, 0.1) is 19.4 Å². The quantitative estimate of drug-likeness (QED) is 0.916. The van der Waals surface area contributed by atoms with Crippen LogP contribution in [0.1, 0.15) is 42.5 Å². The molecule has 0 fully saturated rings. The van der Waals surface area contributed by atoms with Gasteiger partial charge in [-0.3, -0.25) is 9.48 Å². The Labute approximate surface area is 141 Å². The van der Waals surface area contributed by atoms with Crippen molar-refractivity contribution < 1.29 is 14.3 Å². The maximum absolute atomic E-state index is 12.1. The molecule has 0 saturated carbocycles. The zero-order valence-electron chi connectivity index (χ0n) is 14.5. The summed E-state index contributed by atoms with van der Waals surface area (Å²) in [5.74, 6) is 2.17. The van der Waals surface area contributed by atoms with Gasteiger partial charge in [0.2, 0.25) is 5.91 Å². The Morgan fingerprint density at radius 1 is 1.38 bits per heavy atom. The molecule has 1 aliphatic heterocycles. The summed E-state index contributed by atoms with van der Waals surface area (Å²) in [6.07, 6.45) is 1.32. The largest absolute Gasteiger partial charge is 0.493 e. The number of aryl methyl sites for hydroxylation is 2. The van der Waals surface area contributed by atoms with Crippen LogP contribution in [0, 0.1) is 6.92 Å². The molecule has 2 heterocycles. The van der Waals surface area contributed by atoms with E-state index in [0.29, 0.717) is 24.5 Å². The molecule has 0 radical (unpaired) electrons. The smallest absolute Gasteiger partial charge is 0.226 e. The maximum Gasteiger partial charge on any atom is 0.226 e. The van der Waals surface area contributed by atoms with Crippen molar-refractivity contribution >= 4 is 11.7 Å². The predicted molar refractivity (Wildman–Crippen MR) is 91.8 cm³/mol. The zero-order valence-corrected chi connectivity index (χ0v) is 14.5. The second-order valence-electron chi connectivity index (χ2n) is 6.03. The first kappa shape index (κ1) is 16.4. The lowest BCUT2D eigenvalue weighted by Gasteiger charge is -2.24. The van der Waals surface area contributed by atoms with E-state index in [0.717, 1.165) is 29.1 Å². The minimum atomic E-state index is -0.0302. The molecule has 3 rings (SSSR count). The number of methoxy groups -OCH3 is 1. The molecule has 1 aromatic carbocycles. The molecule has 24 heavy (non-hydrogen) atoms. The van der Waals surface area contributed by atoms with Crippen LogP contribution < -0.4 is 14.8 Å². The first-order chi connectivity index (χ1) is 11.5. The van der Waals surface area contributed by atoms with E-state index in [9.17, 15) is 4.79 Å². The summed E-state index contributed by atoms with van der Waals surface area (Å²) in [6, 6.07) is 5.88. The molecule has 0 unspecified atom stereocenters. The van der Waals surface area contributed by atoms with Crippen molar-refractivity contribution in [2.24, 2.45) is 7.05 Å². The van der Waals surface area contributed by atoms with E-state index >= 15 is 0 Å². The van der Waals surface area contributed by atoms with Crippen LogP contribution in [0.3, 0.4) is 0 Å². The van der Waals surface area contributed by atoms with Gasteiger partial charge in [0.25, 0.3) is 0 Å². The number of hydrogen-bond donors (Lipinski definition) is 1. The third-order valence-corrected chi connectivity index (χ3v) is 4.32. The van der Waals surface area contributed by atoms with E-state index in [-0.39, 0.29) is 11.8 Å². The molecular formula is C18H23N3O3.